The maximum atomic E-state index is 4.73. The lowest BCUT2D eigenvalue weighted by Gasteiger charge is -2.20. The summed E-state index contributed by atoms with van der Waals surface area (Å²) in [4.78, 5) is 11.4. The number of aromatic nitrogens is 4. The van der Waals surface area contributed by atoms with Gasteiger partial charge in [0.05, 0.1) is 0 Å². The first kappa shape index (κ1) is 16.3. The largest absolute Gasteiger partial charge is 0.355 e. The van der Waals surface area contributed by atoms with Crippen molar-refractivity contribution in [2.45, 2.75) is 20.4 Å². The van der Waals surface area contributed by atoms with Gasteiger partial charge >= 0.3 is 0 Å². The molecule has 26 heavy (non-hydrogen) atoms. The topological polar surface area (TPSA) is 46.3 Å². The van der Waals surface area contributed by atoms with Crippen molar-refractivity contribution in [2.24, 2.45) is 0 Å². The Labute approximate surface area is 153 Å². The van der Waals surface area contributed by atoms with Crippen LogP contribution in [0.4, 0.5) is 5.82 Å². The molecule has 0 radical (unpaired) electrons. The van der Waals surface area contributed by atoms with Crippen LogP contribution in [0.2, 0.25) is 0 Å². The molecule has 0 saturated heterocycles. The van der Waals surface area contributed by atoms with Gasteiger partial charge in [-0.25, -0.2) is 4.98 Å². The van der Waals surface area contributed by atoms with Crippen LogP contribution >= 0.6 is 0 Å². The van der Waals surface area contributed by atoms with Crippen LogP contribution in [0.15, 0.2) is 60.7 Å². The minimum Gasteiger partial charge on any atom is -0.355 e. The predicted molar refractivity (Wildman–Crippen MR) is 104 cm³/mol. The number of anilines is 1. The summed E-state index contributed by atoms with van der Waals surface area (Å²) in [6.45, 7) is 4.85. The monoisotopic (exact) mass is 343 g/mol. The molecule has 0 aliphatic heterocycles. The van der Waals surface area contributed by atoms with Gasteiger partial charge in [0, 0.05) is 30.9 Å². The number of benzene rings is 2. The van der Waals surface area contributed by atoms with Crippen molar-refractivity contribution in [2.75, 3.05) is 11.9 Å². The van der Waals surface area contributed by atoms with Gasteiger partial charge in [0.15, 0.2) is 5.82 Å². The highest BCUT2D eigenvalue weighted by molar-refractivity contribution is 5.59. The van der Waals surface area contributed by atoms with Crippen molar-refractivity contribution in [3.63, 3.8) is 0 Å². The lowest BCUT2D eigenvalue weighted by atomic mass is 10.1. The summed E-state index contributed by atoms with van der Waals surface area (Å²) < 4.78 is 1.83. The van der Waals surface area contributed by atoms with Crippen LogP contribution < -0.4 is 4.90 Å². The zero-order chi connectivity index (χ0) is 18.1. The molecule has 0 unspecified atom stereocenters. The highest BCUT2D eigenvalue weighted by Crippen LogP contribution is 2.22. The smallest absolute Gasteiger partial charge is 0.254 e. The van der Waals surface area contributed by atoms with E-state index in [9.17, 15) is 0 Å². The Morgan fingerprint density at radius 2 is 1.73 bits per heavy atom. The average molecular weight is 343 g/mol. The third-order valence-corrected chi connectivity index (χ3v) is 4.35. The summed E-state index contributed by atoms with van der Waals surface area (Å²) in [7, 11) is 2.06. The van der Waals surface area contributed by atoms with Gasteiger partial charge in [-0.1, -0.05) is 54.1 Å². The first-order valence-corrected chi connectivity index (χ1v) is 8.67. The lowest BCUT2D eigenvalue weighted by molar-refractivity contribution is 0.829. The highest BCUT2D eigenvalue weighted by atomic mass is 15.4. The predicted octanol–water partition coefficient (Wildman–Crippen LogP) is 4.04. The van der Waals surface area contributed by atoms with E-state index in [1.54, 1.807) is 0 Å². The highest BCUT2D eigenvalue weighted by Gasteiger charge is 2.14. The van der Waals surface area contributed by atoms with E-state index in [0.29, 0.717) is 11.6 Å². The summed E-state index contributed by atoms with van der Waals surface area (Å²) in [5.74, 6) is 2.29. The molecule has 0 fully saturated rings. The van der Waals surface area contributed by atoms with Gasteiger partial charge in [-0.05, 0) is 25.5 Å². The third-order valence-electron chi connectivity index (χ3n) is 4.35. The van der Waals surface area contributed by atoms with E-state index in [2.05, 4.69) is 65.2 Å². The van der Waals surface area contributed by atoms with E-state index < -0.39 is 0 Å². The first-order chi connectivity index (χ1) is 12.6. The van der Waals surface area contributed by atoms with Gasteiger partial charge in [-0.15, -0.1) is 5.10 Å². The van der Waals surface area contributed by atoms with Crippen molar-refractivity contribution in [3.05, 3.63) is 77.5 Å². The van der Waals surface area contributed by atoms with Crippen LogP contribution in [-0.4, -0.2) is 26.6 Å². The molecule has 0 spiro atoms. The summed E-state index contributed by atoms with van der Waals surface area (Å²) in [6.07, 6.45) is 0. The van der Waals surface area contributed by atoms with E-state index in [1.807, 2.05) is 35.7 Å². The Balaban J connectivity index is 1.77. The Morgan fingerprint density at radius 1 is 0.923 bits per heavy atom. The van der Waals surface area contributed by atoms with E-state index in [1.165, 1.54) is 11.1 Å². The van der Waals surface area contributed by atoms with E-state index >= 15 is 0 Å². The minimum absolute atomic E-state index is 0.622. The third kappa shape index (κ3) is 3.16. The molecule has 0 atom stereocenters. The fourth-order valence-corrected chi connectivity index (χ4v) is 3.08. The lowest BCUT2D eigenvalue weighted by Crippen LogP contribution is -2.20. The molecule has 0 amide bonds. The molecule has 5 heteroatoms. The summed E-state index contributed by atoms with van der Waals surface area (Å²) >= 11 is 0. The molecular weight excluding hydrogens is 322 g/mol. The molecule has 2 aromatic heterocycles. The zero-order valence-electron chi connectivity index (χ0n) is 15.2. The molecule has 0 aliphatic rings. The fourth-order valence-electron chi connectivity index (χ4n) is 3.08. The molecule has 0 bridgehead atoms. The second kappa shape index (κ2) is 6.59. The molecule has 4 rings (SSSR count). The summed E-state index contributed by atoms with van der Waals surface area (Å²) in [6, 6.07) is 20.7. The standard InChI is InChI=1S/C21H21N5/c1-15-8-7-11-18(12-15)20-23-21-22-16(2)13-19(26(21)24-20)25(3)14-17-9-5-4-6-10-17/h4-13H,14H2,1-3H3. The maximum absolute atomic E-state index is 4.73. The van der Waals surface area contributed by atoms with Gasteiger partial charge in [0.2, 0.25) is 0 Å². The number of fused-ring (bicyclic) bond motifs is 1. The molecule has 130 valence electrons. The van der Waals surface area contributed by atoms with Crippen LogP contribution in [0.3, 0.4) is 0 Å². The van der Waals surface area contributed by atoms with Crippen LogP contribution in [-0.2, 0) is 6.54 Å². The van der Waals surface area contributed by atoms with Gasteiger partial charge < -0.3 is 4.90 Å². The zero-order valence-corrected chi connectivity index (χ0v) is 15.2. The number of hydrogen-bond acceptors (Lipinski definition) is 4. The number of rotatable bonds is 4. The Hall–Kier alpha value is -3.21. The van der Waals surface area contributed by atoms with Crippen LogP contribution in [0.1, 0.15) is 16.8 Å². The van der Waals surface area contributed by atoms with E-state index in [-0.39, 0.29) is 0 Å². The molecule has 5 nitrogen and oxygen atoms in total. The molecule has 0 saturated carbocycles. The Bertz CT molecular complexity index is 1050. The van der Waals surface area contributed by atoms with Crippen molar-refractivity contribution < 1.29 is 0 Å². The normalized spacial score (nSPS) is 11.0. The van der Waals surface area contributed by atoms with Crippen LogP contribution in [0.5, 0.6) is 0 Å². The van der Waals surface area contributed by atoms with E-state index in [0.717, 1.165) is 23.6 Å². The van der Waals surface area contributed by atoms with E-state index in [4.69, 9.17) is 5.10 Å². The van der Waals surface area contributed by atoms with Crippen molar-refractivity contribution in [1.82, 2.24) is 19.6 Å². The average Bonchev–Trinajstić information content (AvgIpc) is 3.05. The Kier molecular flexibility index (Phi) is 4.13. The quantitative estimate of drug-likeness (QED) is 0.561. The van der Waals surface area contributed by atoms with Gasteiger partial charge in [-0.3, -0.25) is 0 Å². The minimum atomic E-state index is 0.622. The summed E-state index contributed by atoms with van der Waals surface area (Å²) in [5.41, 5.74) is 4.36. The first-order valence-electron chi connectivity index (χ1n) is 8.67. The fraction of sp³-hybridized carbons (Fsp3) is 0.190. The van der Waals surface area contributed by atoms with Crippen molar-refractivity contribution >= 4 is 11.6 Å². The second-order valence-corrected chi connectivity index (χ2v) is 6.61. The molecule has 0 N–H and O–H groups in total. The summed E-state index contributed by atoms with van der Waals surface area (Å²) in [5, 5.41) is 4.73. The molecule has 4 aromatic rings. The molecular formula is C21H21N5. The van der Waals surface area contributed by atoms with Crippen molar-refractivity contribution in [3.8, 4) is 11.4 Å². The van der Waals surface area contributed by atoms with Gasteiger partial charge in [-0.2, -0.15) is 9.50 Å². The molecule has 2 aromatic carbocycles. The number of nitrogens with zero attached hydrogens (tertiary/aromatic N) is 5. The van der Waals surface area contributed by atoms with Crippen molar-refractivity contribution in [1.29, 1.82) is 0 Å². The van der Waals surface area contributed by atoms with Gasteiger partial charge in [0.25, 0.3) is 5.78 Å². The second-order valence-electron chi connectivity index (χ2n) is 6.61. The SMILES string of the molecule is Cc1cccc(-c2nc3nc(C)cc(N(C)Cc4ccccc4)n3n2)c1. The number of aryl methyl sites for hydroxylation is 2. The number of hydrogen-bond donors (Lipinski definition) is 0. The van der Waals surface area contributed by atoms with Crippen LogP contribution in [0.25, 0.3) is 17.2 Å². The molecule has 2 heterocycles. The molecule has 0 aliphatic carbocycles. The van der Waals surface area contributed by atoms with Gasteiger partial charge in [0.1, 0.15) is 5.82 Å². The maximum Gasteiger partial charge on any atom is 0.254 e. The van der Waals surface area contributed by atoms with Crippen LogP contribution in [0, 0.1) is 13.8 Å². The Morgan fingerprint density at radius 3 is 2.50 bits per heavy atom.